The van der Waals surface area contributed by atoms with E-state index in [1.165, 1.54) is 74.1 Å². The number of unbranched alkanes of at least 4 members (excludes halogenated alkanes) is 10. The van der Waals surface area contributed by atoms with Gasteiger partial charge in [-0.15, -0.1) is 23.8 Å². The summed E-state index contributed by atoms with van der Waals surface area (Å²) >= 11 is 1.45. The van der Waals surface area contributed by atoms with E-state index >= 15 is 0 Å². The molecule has 358 valence electrons. The van der Waals surface area contributed by atoms with E-state index in [0.29, 0.717) is 64.5 Å². The number of aliphatic imine (C=N–C) groups is 1. The van der Waals surface area contributed by atoms with E-state index in [2.05, 4.69) is 57.9 Å². The Kier molecular flexibility index (Phi) is 27.1. The van der Waals surface area contributed by atoms with E-state index < -0.39 is 11.7 Å². The van der Waals surface area contributed by atoms with Gasteiger partial charge in [0.25, 0.3) is 0 Å². The Hall–Kier alpha value is -2.49. The summed E-state index contributed by atoms with van der Waals surface area (Å²) in [4.78, 5) is 57.1. The second-order valence-electron chi connectivity index (χ2n) is 18.5. The number of nitrogens with zero attached hydrogens (tertiary/aromatic N) is 4. The van der Waals surface area contributed by atoms with Gasteiger partial charge in [0.05, 0.1) is 0 Å². The zero-order valence-electron chi connectivity index (χ0n) is 41.5. The quantitative estimate of drug-likeness (QED) is 0.0263. The molecule has 3 N–H and O–H groups in total. The van der Waals surface area contributed by atoms with Crippen LogP contribution in [-0.2, 0) is 14.3 Å². The van der Waals surface area contributed by atoms with E-state index in [1.807, 2.05) is 43.3 Å². The molecule has 3 atom stereocenters. The summed E-state index contributed by atoms with van der Waals surface area (Å²) in [5.74, 6) is 1.66. The summed E-state index contributed by atoms with van der Waals surface area (Å²) in [5.41, 5.74) is 2.19. The van der Waals surface area contributed by atoms with Crippen LogP contribution in [0.5, 0.6) is 0 Å². The number of hydrogen-bond donors (Lipinski definition) is 1. The van der Waals surface area contributed by atoms with E-state index in [1.54, 1.807) is 6.07 Å². The van der Waals surface area contributed by atoms with E-state index in [-0.39, 0.29) is 97.9 Å². The Bertz CT molecular complexity index is 2060. The van der Waals surface area contributed by atoms with Gasteiger partial charge in [-0.25, -0.2) is 24.1 Å². The maximum Gasteiger partial charge on any atom is 1.00 e. The number of carbonyl (C=O) groups excluding carboxylic acids is 2. The molecule has 0 saturated heterocycles. The number of thioether (sulfide) groups is 1. The minimum atomic E-state index is -0.579. The van der Waals surface area contributed by atoms with Crippen LogP contribution >= 0.6 is 11.8 Å². The van der Waals surface area contributed by atoms with Crippen molar-refractivity contribution in [2.45, 2.75) is 169 Å². The van der Waals surface area contributed by atoms with Gasteiger partial charge in [0.15, 0.2) is 16.9 Å². The number of benzene rings is 2. The third-order valence-corrected chi connectivity index (χ3v) is 13.8. The Morgan fingerprint density at radius 3 is 2.17 bits per heavy atom. The van der Waals surface area contributed by atoms with E-state index in [9.17, 15) is 14.4 Å². The Morgan fingerprint density at radius 1 is 0.879 bits per heavy atom. The van der Waals surface area contributed by atoms with Gasteiger partial charge in [-0.1, -0.05) is 173 Å². The van der Waals surface area contributed by atoms with Crippen molar-refractivity contribution in [2.75, 3.05) is 25.5 Å². The Morgan fingerprint density at radius 2 is 1.52 bits per heavy atom. The summed E-state index contributed by atoms with van der Waals surface area (Å²) < 4.78 is 13.7. The summed E-state index contributed by atoms with van der Waals surface area (Å²) in [6.45, 7) is 16.8. The molecule has 3 unspecified atom stereocenters. The largest absolute Gasteiger partial charge is 1.00 e. The molecular formula is C53H78KN5O6S. The summed E-state index contributed by atoms with van der Waals surface area (Å²) in [5, 5.41) is 3.34. The van der Waals surface area contributed by atoms with Gasteiger partial charge in [0.2, 0.25) is 0 Å². The number of aryl methyl sites for hydroxylation is 1. The number of hydrogen-bond acceptors (Lipinski definition) is 9. The smallest absolute Gasteiger partial charge is 0.458 e. The molecule has 1 aliphatic heterocycles. The van der Waals surface area contributed by atoms with Gasteiger partial charge in [-0.2, -0.15) is 4.98 Å². The molecule has 0 radical (unpaired) electrons. The average molecular weight is 952 g/mol. The van der Waals surface area contributed by atoms with Crippen LogP contribution in [0, 0.1) is 36.7 Å². The molecule has 3 aromatic rings. The molecule has 1 aromatic heterocycles. The van der Waals surface area contributed by atoms with Crippen molar-refractivity contribution in [2.24, 2.45) is 28.7 Å². The van der Waals surface area contributed by atoms with Crippen molar-refractivity contribution < 1.29 is 75.9 Å². The van der Waals surface area contributed by atoms with Crippen LogP contribution < -0.4 is 62.4 Å². The fourth-order valence-electron chi connectivity index (χ4n) is 9.29. The fourth-order valence-corrected chi connectivity index (χ4v) is 10.4. The van der Waals surface area contributed by atoms with Crippen molar-refractivity contribution in [3.63, 3.8) is 0 Å². The molecule has 5 rings (SSSR count). The monoisotopic (exact) mass is 952 g/mol. The van der Waals surface area contributed by atoms with Crippen molar-refractivity contribution in [1.29, 1.82) is 0 Å². The normalized spacial score (nSPS) is 18.9. The maximum absolute atomic E-state index is 14.8. The first-order valence-corrected chi connectivity index (χ1v) is 25.7. The molecule has 66 heavy (non-hydrogen) atoms. The van der Waals surface area contributed by atoms with Gasteiger partial charge < -0.3 is 25.1 Å². The molecule has 11 nitrogen and oxygen atoms in total. The van der Waals surface area contributed by atoms with Crippen molar-refractivity contribution >= 4 is 46.3 Å². The van der Waals surface area contributed by atoms with Gasteiger partial charge in [0.1, 0.15) is 17.5 Å². The zero-order valence-corrected chi connectivity index (χ0v) is 45.5. The number of nitrogens with one attached hydrogen (secondary N) is 1. The van der Waals surface area contributed by atoms with Crippen LogP contribution in [-0.4, -0.2) is 69.3 Å². The molecule has 0 bridgehead atoms. The van der Waals surface area contributed by atoms with Crippen LogP contribution in [0.4, 0.5) is 5.69 Å². The predicted molar refractivity (Wildman–Crippen MR) is 266 cm³/mol. The van der Waals surface area contributed by atoms with E-state index in [4.69, 9.17) is 19.5 Å². The first-order chi connectivity index (χ1) is 31.0. The topological polar surface area (TPSA) is 156 Å². The number of allylic oxidation sites excluding steroid dienone is 1. The molecule has 1 aliphatic carbocycles. The van der Waals surface area contributed by atoms with Gasteiger partial charge in [-0.05, 0) is 67.0 Å². The maximum atomic E-state index is 14.8. The minimum Gasteiger partial charge on any atom is -0.458 e. The predicted octanol–water partition coefficient (Wildman–Crippen LogP) is 8.41. The molecule has 1 saturated carbocycles. The minimum absolute atomic E-state index is 0. The molecule has 1 amide bonds. The van der Waals surface area contributed by atoms with Crippen LogP contribution in [0.2, 0.25) is 0 Å². The SMILES string of the molecule is CCCCCCCCCCCCOCCCNC(=O)c1[c-]c(C)cc(N=C2C(c3ccccc3)=C(C(=O)OC3C(C)CC(C)CC3C)c3nc(SCC(CC)CCCC)nc(=O)n32)c1.O.[K+]. The summed E-state index contributed by atoms with van der Waals surface area (Å²) in [6, 6.07) is 16.1. The van der Waals surface area contributed by atoms with Crippen molar-refractivity contribution in [3.8, 4) is 0 Å². The van der Waals surface area contributed by atoms with Gasteiger partial charge >= 0.3 is 63.0 Å². The number of amides is 1. The first-order valence-electron chi connectivity index (χ1n) is 24.7. The van der Waals surface area contributed by atoms with Crippen LogP contribution in [0.1, 0.15) is 178 Å². The second-order valence-corrected chi connectivity index (χ2v) is 19.5. The van der Waals surface area contributed by atoms with Crippen LogP contribution in [0.25, 0.3) is 11.1 Å². The van der Waals surface area contributed by atoms with Crippen LogP contribution in [0.3, 0.4) is 0 Å². The number of rotatable bonds is 27. The molecule has 2 aromatic carbocycles. The van der Waals surface area contributed by atoms with Crippen molar-refractivity contribution in [1.82, 2.24) is 19.9 Å². The number of fused-ring (bicyclic) bond motifs is 1. The van der Waals surface area contributed by atoms with Crippen molar-refractivity contribution in [3.05, 3.63) is 81.5 Å². The average Bonchev–Trinajstić information content (AvgIpc) is 3.60. The molecule has 2 aliphatic rings. The van der Waals surface area contributed by atoms with Gasteiger partial charge in [0, 0.05) is 31.1 Å². The molecule has 2 heterocycles. The standard InChI is InChI=1S/C53H76N5O5S.K.H2O/c1-8-11-13-14-15-16-17-18-19-23-29-62-30-24-28-54-50(59)43-33-38(5)34-44(35-43)55-48-45(42-26-21-20-22-27-42)46(51(60)63-47-39(6)31-37(4)32-40(47)7)49-56-52(57-53(61)58(48)49)64-36-41(10-3)25-12-9-2;;/h20-22,26-27,34-35,37,39-41,47H,8-19,23-25,28-32,36H2,1-7H3,(H,54,59);;1H2/q-1;+1;. The fraction of sp³-hybridized carbons (Fsp3) is 0.623. The number of esters is 1. The number of aromatic nitrogens is 3. The molecule has 0 spiro atoms. The summed E-state index contributed by atoms with van der Waals surface area (Å²) in [7, 11) is 0. The Labute approximate surface area is 442 Å². The zero-order chi connectivity index (χ0) is 45.8. The molecule has 13 heteroatoms. The van der Waals surface area contributed by atoms with Crippen LogP contribution in [0.15, 0.2) is 57.4 Å². The molecular weight excluding hydrogens is 874 g/mol. The third kappa shape index (κ3) is 17.5. The second kappa shape index (κ2) is 30.9. The number of carbonyl (C=O) groups is 2. The summed E-state index contributed by atoms with van der Waals surface area (Å²) in [6.07, 6.45) is 19.6. The number of ether oxygens (including phenoxy) is 2. The van der Waals surface area contributed by atoms with E-state index in [0.717, 1.165) is 57.3 Å². The third-order valence-electron chi connectivity index (χ3n) is 12.7. The Balaban J connectivity index is 0.00000578. The molecule has 1 fully saturated rings. The van der Waals surface area contributed by atoms with Gasteiger partial charge in [-0.3, -0.25) is 0 Å². The first kappa shape index (κ1) is 57.8.